The lowest BCUT2D eigenvalue weighted by Gasteiger charge is -2.29. The molecular formula is C11H20O2. The Kier molecular flexibility index (Phi) is 3.91. The van der Waals surface area contributed by atoms with Crippen molar-refractivity contribution in [2.45, 2.75) is 52.1 Å². The Hall–Kier alpha value is -0.370. The lowest BCUT2D eigenvalue weighted by atomic mass is 9.80. The summed E-state index contributed by atoms with van der Waals surface area (Å²) in [6, 6.07) is 0. The van der Waals surface area contributed by atoms with Gasteiger partial charge in [-0.15, -0.1) is 0 Å². The average molecular weight is 184 g/mol. The van der Waals surface area contributed by atoms with E-state index in [1.807, 2.05) is 6.92 Å². The van der Waals surface area contributed by atoms with Crippen LogP contribution in [0, 0.1) is 11.8 Å². The molecule has 2 atom stereocenters. The van der Waals surface area contributed by atoms with Crippen molar-refractivity contribution in [3.05, 3.63) is 0 Å². The predicted molar refractivity (Wildman–Crippen MR) is 52.4 cm³/mol. The smallest absolute Gasteiger partial charge is 0.135 e. The van der Waals surface area contributed by atoms with E-state index in [2.05, 4.69) is 0 Å². The van der Waals surface area contributed by atoms with Crippen LogP contribution in [-0.2, 0) is 4.79 Å². The van der Waals surface area contributed by atoms with Crippen molar-refractivity contribution in [2.75, 3.05) is 0 Å². The fourth-order valence-corrected chi connectivity index (χ4v) is 2.12. The third-order valence-corrected chi connectivity index (χ3v) is 3.29. The van der Waals surface area contributed by atoms with Gasteiger partial charge < -0.3 is 5.11 Å². The van der Waals surface area contributed by atoms with Crippen LogP contribution in [0.15, 0.2) is 0 Å². The Balaban J connectivity index is 2.44. The van der Waals surface area contributed by atoms with Gasteiger partial charge in [-0.2, -0.15) is 0 Å². The number of aliphatic hydroxyl groups excluding tert-OH is 1. The summed E-state index contributed by atoms with van der Waals surface area (Å²) in [5.74, 6) is 0.300. The molecule has 0 aromatic rings. The molecule has 1 aliphatic carbocycles. The van der Waals surface area contributed by atoms with Crippen molar-refractivity contribution in [3.8, 4) is 0 Å². The molecule has 0 heterocycles. The molecule has 1 aliphatic rings. The van der Waals surface area contributed by atoms with E-state index in [1.165, 1.54) is 19.3 Å². The highest BCUT2D eigenvalue weighted by molar-refractivity contribution is 5.78. The average Bonchev–Trinajstić information content (AvgIpc) is 2.17. The third kappa shape index (κ3) is 2.80. The third-order valence-electron chi connectivity index (χ3n) is 3.29. The number of Topliss-reactive ketones (excluding diaryl/α,β-unsaturated/α-hetero) is 1. The number of carbonyl (C=O) groups excluding carboxylic acids is 1. The number of hydrogen-bond acceptors (Lipinski definition) is 2. The second kappa shape index (κ2) is 4.75. The summed E-state index contributed by atoms with van der Waals surface area (Å²) in [6.45, 7) is 3.40. The molecule has 2 heteroatoms. The van der Waals surface area contributed by atoms with E-state index in [0.717, 1.165) is 12.8 Å². The molecule has 76 valence electrons. The second-order valence-corrected chi connectivity index (χ2v) is 4.29. The zero-order valence-electron chi connectivity index (χ0n) is 8.62. The van der Waals surface area contributed by atoms with E-state index < -0.39 is 6.10 Å². The van der Waals surface area contributed by atoms with Gasteiger partial charge in [-0.1, -0.05) is 26.2 Å². The summed E-state index contributed by atoms with van der Waals surface area (Å²) >= 11 is 0. The molecule has 0 aromatic heterocycles. The van der Waals surface area contributed by atoms with Crippen molar-refractivity contribution >= 4 is 5.78 Å². The van der Waals surface area contributed by atoms with Gasteiger partial charge in [-0.05, 0) is 25.7 Å². The lowest BCUT2D eigenvalue weighted by molar-refractivity contribution is -0.125. The van der Waals surface area contributed by atoms with Crippen molar-refractivity contribution in [3.63, 3.8) is 0 Å². The number of ketones is 1. The molecule has 0 amide bonds. The zero-order chi connectivity index (χ0) is 9.84. The first kappa shape index (κ1) is 10.7. The predicted octanol–water partition coefficient (Wildman–Crippen LogP) is 2.15. The number of rotatable bonds is 3. The van der Waals surface area contributed by atoms with Crippen LogP contribution in [0.25, 0.3) is 0 Å². The number of carbonyl (C=O) groups is 1. The van der Waals surface area contributed by atoms with Crippen LogP contribution >= 0.6 is 0 Å². The van der Waals surface area contributed by atoms with Crippen LogP contribution < -0.4 is 0 Å². The van der Waals surface area contributed by atoms with Crippen molar-refractivity contribution in [2.24, 2.45) is 11.8 Å². The minimum Gasteiger partial charge on any atom is -0.392 e. The van der Waals surface area contributed by atoms with Gasteiger partial charge in [0.15, 0.2) is 0 Å². The van der Waals surface area contributed by atoms with Crippen LogP contribution in [0.3, 0.4) is 0 Å². The fourth-order valence-electron chi connectivity index (χ4n) is 2.12. The summed E-state index contributed by atoms with van der Waals surface area (Å²) in [5.41, 5.74) is 0. The molecule has 0 spiro atoms. The monoisotopic (exact) mass is 184 g/mol. The Morgan fingerprint density at radius 2 is 1.85 bits per heavy atom. The van der Waals surface area contributed by atoms with Crippen LogP contribution in [0.2, 0.25) is 0 Å². The number of aliphatic hydroxyl groups is 1. The van der Waals surface area contributed by atoms with E-state index in [-0.39, 0.29) is 11.7 Å². The maximum Gasteiger partial charge on any atom is 0.135 e. The van der Waals surface area contributed by atoms with Gasteiger partial charge in [0.2, 0.25) is 0 Å². The summed E-state index contributed by atoms with van der Waals surface area (Å²) in [5, 5.41) is 9.89. The molecule has 1 fully saturated rings. The minimum absolute atomic E-state index is 0.109. The first-order valence-electron chi connectivity index (χ1n) is 5.31. The van der Waals surface area contributed by atoms with Crippen LogP contribution in [-0.4, -0.2) is 17.0 Å². The van der Waals surface area contributed by atoms with Gasteiger partial charge in [0.05, 0.1) is 6.10 Å². The van der Waals surface area contributed by atoms with E-state index in [1.54, 1.807) is 6.92 Å². The van der Waals surface area contributed by atoms with Crippen LogP contribution in [0.1, 0.15) is 46.0 Å². The SMILES string of the molecule is CC(=O)[C@H](C)[C@@H](O)C1CCCCC1. The Morgan fingerprint density at radius 1 is 1.31 bits per heavy atom. The molecule has 13 heavy (non-hydrogen) atoms. The van der Waals surface area contributed by atoms with Crippen LogP contribution in [0.4, 0.5) is 0 Å². The zero-order valence-corrected chi connectivity index (χ0v) is 8.62. The summed E-state index contributed by atoms with van der Waals surface area (Å²) in [7, 11) is 0. The van der Waals surface area contributed by atoms with Gasteiger partial charge >= 0.3 is 0 Å². The standard InChI is InChI=1S/C11H20O2/c1-8(9(2)12)11(13)10-6-4-3-5-7-10/h8,10-11,13H,3-7H2,1-2H3/t8-,11+/m0/s1. The molecule has 1 saturated carbocycles. The maximum absolute atomic E-state index is 11.1. The molecule has 0 bridgehead atoms. The van der Waals surface area contributed by atoms with E-state index in [0.29, 0.717) is 5.92 Å². The summed E-state index contributed by atoms with van der Waals surface area (Å²) < 4.78 is 0. The number of hydrogen-bond donors (Lipinski definition) is 1. The molecule has 1 N–H and O–H groups in total. The van der Waals surface area contributed by atoms with Crippen molar-refractivity contribution in [1.29, 1.82) is 0 Å². The summed E-state index contributed by atoms with van der Waals surface area (Å²) in [4.78, 5) is 11.1. The van der Waals surface area contributed by atoms with E-state index >= 15 is 0 Å². The van der Waals surface area contributed by atoms with Gasteiger partial charge in [0.1, 0.15) is 5.78 Å². The topological polar surface area (TPSA) is 37.3 Å². The summed E-state index contributed by atoms with van der Waals surface area (Å²) in [6.07, 6.45) is 5.51. The molecule has 1 rings (SSSR count). The van der Waals surface area contributed by atoms with Gasteiger partial charge in [0, 0.05) is 5.92 Å². The second-order valence-electron chi connectivity index (χ2n) is 4.29. The molecule has 0 aromatic carbocycles. The van der Waals surface area contributed by atoms with Crippen LogP contribution in [0.5, 0.6) is 0 Å². The normalized spacial score (nSPS) is 23.9. The molecule has 0 saturated heterocycles. The van der Waals surface area contributed by atoms with Gasteiger partial charge in [-0.25, -0.2) is 0 Å². The Labute approximate surface area is 80.3 Å². The first-order chi connectivity index (χ1) is 6.13. The molecule has 2 nitrogen and oxygen atoms in total. The molecule has 0 aliphatic heterocycles. The van der Waals surface area contributed by atoms with Gasteiger partial charge in [0.25, 0.3) is 0 Å². The molecule has 0 radical (unpaired) electrons. The maximum atomic E-state index is 11.1. The highest BCUT2D eigenvalue weighted by atomic mass is 16.3. The van der Waals surface area contributed by atoms with Crippen molar-refractivity contribution < 1.29 is 9.90 Å². The highest BCUT2D eigenvalue weighted by Crippen LogP contribution is 2.29. The van der Waals surface area contributed by atoms with Gasteiger partial charge in [-0.3, -0.25) is 4.79 Å². The first-order valence-corrected chi connectivity index (χ1v) is 5.31. The van der Waals surface area contributed by atoms with Crippen molar-refractivity contribution in [1.82, 2.24) is 0 Å². The lowest BCUT2D eigenvalue weighted by Crippen LogP contribution is -2.32. The Morgan fingerprint density at radius 3 is 2.31 bits per heavy atom. The largest absolute Gasteiger partial charge is 0.392 e. The molecular weight excluding hydrogens is 164 g/mol. The Bertz CT molecular complexity index is 171. The highest BCUT2D eigenvalue weighted by Gasteiger charge is 2.28. The fraction of sp³-hybridized carbons (Fsp3) is 0.909. The minimum atomic E-state index is -0.405. The molecule has 0 unspecified atom stereocenters. The quantitative estimate of drug-likeness (QED) is 0.729. The van der Waals surface area contributed by atoms with E-state index in [4.69, 9.17) is 0 Å². The van der Waals surface area contributed by atoms with E-state index in [9.17, 15) is 9.90 Å².